The first-order valence-electron chi connectivity index (χ1n) is 4.01. The van der Waals surface area contributed by atoms with Crippen molar-refractivity contribution in [2.75, 3.05) is 5.75 Å². The van der Waals surface area contributed by atoms with Crippen LogP contribution in [0.3, 0.4) is 0 Å². The predicted molar refractivity (Wildman–Crippen MR) is 52.5 cm³/mol. The molecule has 0 spiro atoms. The van der Waals surface area contributed by atoms with Crippen LogP contribution in [0.1, 0.15) is 13.3 Å². The summed E-state index contributed by atoms with van der Waals surface area (Å²) in [6, 6.07) is -1.03. The number of carboxylic acids is 1. The molecule has 2 unspecified atom stereocenters. The maximum absolute atomic E-state index is 11.3. The molecular weight excluding hydrogens is 224 g/mol. The number of rotatable bonds is 5. The Labute approximate surface area is 88.5 Å². The number of carboxylic acid groups (broad SMARTS) is 1. The molecular formula is C7H12N2O5S. The second kappa shape index (κ2) is 6.12. The molecule has 0 aliphatic carbocycles. The predicted octanol–water partition coefficient (Wildman–Crippen LogP) is -1.21. The van der Waals surface area contributed by atoms with Crippen molar-refractivity contribution in [3.63, 3.8) is 0 Å². The highest BCUT2D eigenvalue weighted by Gasteiger charge is 2.18. The fourth-order valence-electron chi connectivity index (χ4n) is 0.784. The van der Waals surface area contributed by atoms with Crippen molar-refractivity contribution in [1.82, 2.24) is 5.32 Å². The molecule has 0 heterocycles. The molecule has 0 rings (SSSR count). The van der Waals surface area contributed by atoms with Gasteiger partial charge in [-0.1, -0.05) is 6.92 Å². The van der Waals surface area contributed by atoms with E-state index >= 15 is 0 Å². The van der Waals surface area contributed by atoms with Crippen molar-refractivity contribution in [2.24, 2.45) is 5.73 Å². The topological polar surface area (TPSA) is 127 Å². The molecule has 2 atom stereocenters. The third-order valence-electron chi connectivity index (χ3n) is 1.45. The van der Waals surface area contributed by atoms with Gasteiger partial charge in [0, 0.05) is 16.0 Å². The number of hydrogen-bond donors (Lipinski definition) is 3. The SMILES string of the molecule is CC(CC(=O)O)S(=O)CC(=O)NC(N)=O. The number of amides is 3. The summed E-state index contributed by atoms with van der Waals surface area (Å²) in [5.41, 5.74) is 4.66. The molecule has 0 aliphatic heterocycles. The highest BCUT2D eigenvalue weighted by atomic mass is 32.2. The average Bonchev–Trinajstić information content (AvgIpc) is 2.00. The molecule has 4 N–H and O–H groups in total. The van der Waals surface area contributed by atoms with Gasteiger partial charge >= 0.3 is 12.0 Å². The molecule has 0 aromatic carbocycles. The lowest BCUT2D eigenvalue weighted by molar-refractivity contribution is -0.137. The normalized spacial score (nSPS) is 13.9. The van der Waals surface area contributed by atoms with Gasteiger partial charge in [-0.2, -0.15) is 0 Å². The Morgan fingerprint density at radius 2 is 2.00 bits per heavy atom. The number of primary amides is 1. The van der Waals surface area contributed by atoms with Gasteiger partial charge in [0.15, 0.2) is 0 Å². The van der Waals surface area contributed by atoms with E-state index in [1.807, 2.05) is 0 Å². The molecule has 0 saturated carbocycles. The van der Waals surface area contributed by atoms with Crippen molar-refractivity contribution in [2.45, 2.75) is 18.6 Å². The minimum atomic E-state index is -1.63. The fourth-order valence-corrected chi connectivity index (χ4v) is 1.73. The molecule has 0 saturated heterocycles. The van der Waals surface area contributed by atoms with Gasteiger partial charge in [-0.25, -0.2) is 4.79 Å². The van der Waals surface area contributed by atoms with E-state index in [-0.39, 0.29) is 6.42 Å². The highest BCUT2D eigenvalue weighted by molar-refractivity contribution is 7.86. The molecule has 0 fully saturated rings. The van der Waals surface area contributed by atoms with E-state index in [4.69, 9.17) is 5.11 Å². The van der Waals surface area contributed by atoms with Crippen LogP contribution in [0.5, 0.6) is 0 Å². The first-order valence-corrected chi connectivity index (χ1v) is 5.39. The largest absolute Gasteiger partial charge is 0.481 e. The van der Waals surface area contributed by atoms with Gasteiger partial charge in [0.2, 0.25) is 5.91 Å². The summed E-state index contributed by atoms with van der Waals surface area (Å²) in [7, 11) is -1.63. The Morgan fingerprint density at radius 3 is 2.40 bits per heavy atom. The highest BCUT2D eigenvalue weighted by Crippen LogP contribution is 2.01. The maximum Gasteiger partial charge on any atom is 0.318 e. The fraction of sp³-hybridized carbons (Fsp3) is 0.571. The van der Waals surface area contributed by atoms with Crippen molar-refractivity contribution in [3.05, 3.63) is 0 Å². The van der Waals surface area contributed by atoms with Crippen molar-refractivity contribution in [1.29, 1.82) is 0 Å². The van der Waals surface area contributed by atoms with Crippen LogP contribution >= 0.6 is 0 Å². The zero-order valence-corrected chi connectivity index (χ0v) is 8.87. The molecule has 8 heteroatoms. The summed E-state index contributed by atoms with van der Waals surface area (Å²) < 4.78 is 11.3. The van der Waals surface area contributed by atoms with Crippen LogP contribution in [-0.4, -0.2) is 38.2 Å². The Kier molecular flexibility index (Phi) is 5.53. The Morgan fingerprint density at radius 1 is 1.47 bits per heavy atom. The van der Waals surface area contributed by atoms with Crippen molar-refractivity contribution in [3.8, 4) is 0 Å². The van der Waals surface area contributed by atoms with E-state index in [1.165, 1.54) is 6.92 Å². The smallest absolute Gasteiger partial charge is 0.318 e. The van der Waals surface area contributed by atoms with Crippen molar-refractivity contribution < 1.29 is 23.7 Å². The number of carbonyl (C=O) groups excluding carboxylic acids is 2. The van der Waals surface area contributed by atoms with E-state index < -0.39 is 39.7 Å². The lowest BCUT2D eigenvalue weighted by Crippen LogP contribution is -2.38. The molecule has 0 aliphatic rings. The first kappa shape index (κ1) is 13.6. The minimum absolute atomic E-state index is 0.295. The standard InChI is InChI=1S/C7H12N2O5S/c1-4(2-6(11)12)15(14)3-5(10)9-7(8)13/h4H,2-3H2,1H3,(H,11,12)(H3,8,9,10,13). The summed E-state index contributed by atoms with van der Waals surface area (Å²) in [6.45, 7) is 1.45. The molecule has 7 nitrogen and oxygen atoms in total. The van der Waals surface area contributed by atoms with Gasteiger partial charge in [0.05, 0.1) is 6.42 Å². The Balaban J connectivity index is 4.07. The van der Waals surface area contributed by atoms with Gasteiger partial charge in [-0.3, -0.25) is 19.1 Å². The van der Waals surface area contributed by atoms with Gasteiger partial charge in [-0.15, -0.1) is 0 Å². The van der Waals surface area contributed by atoms with Crippen LogP contribution in [0.25, 0.3) is 0 Å². The molecule has 0 aromatic heterocycles. The number of aliphatic carboxylic acids is 1. The van der Waals surface area contributed by atoms with Gasteiger partial charge < -0.3 is 10.8 Å². The lowest BCUT2D eigenvalue weighted by Gasteiger charge is -2.07. The average molecular weight is 236 g/mol. The molecule has 86 valence electrons. The van der Waals surface area contributed by atoms with E-state index in [9.17, 15) is 18.6 Å². The molecule has 0 bridgehead atoms. The van der Waals surface area contributed by atoms with Crippen LogP contribution in [0, 0.1) is 0 Å². The van der Waals surface area contributed by atoms with E-state index in [0.717, 1.165) is 0 Å². The second-order valence-electron chi connectivity index (χ2n) is 2.85. The summed E-state index contributed by atoms with van der Waals surface area (Å²) in [4.78, 5) is 31.4. The van der Waals surface area contributed by atoms with Crippen LogP contribution in [0.2, 0.25) is 0 Å². The number of nitrogens with two attached hydrogens (primary N) is 1. The van der Waals surface area contributed by atoms with Crippen molar-refractivity contribution >= 4 is 28.7 Å². The van der Waals surface area contributed by atoms with Crippen LogP contribution in [0.15, 0.2) is 0 Å². The Hall–Kier alpha value is -1.44. The Bertz CT molecular complexity index is 304. The van der Waals surface area contributed by atoms with E-state index in [0.29, 0.717) is 0 Å². The molecule has 0 aromatic rings. The van der Waals surface area contributed by atoms with Crippen LogP contribution in [-0.2, 0) is 20.4 Å². The second-order valence-corrected chi connectivity index (χ2v) is 4.70. The number of carbonyl (C=O) groups is 3. The van der Waals surface area contributed by atoms with Crippen LogP contribution < -0.4 is 11.1 Å². The number of hydrogen-bond acceptors (Lipinski definition) is 4. The first-order chi connectivity index (χ1) is 6.82. The van der Waals surface area contributed by atoms with Gasteiger partial charge in [0.25, 0.3) is 0 Å². The summed E-state index contributed by atoms with van der Waals surface area (Å²) >= 11 is 0. The lowest BCUT2D eigenvalue weighted by atomic mass is 10.3. The summed E-state index contributed by atoms with van der Waals surface area (Å²) in [6.07, 6.45) is -0.295. The minimum Gasteiger partial charge on any atom is -0.481 e. The third kappa shape index (κ3) is 6.61. The zero-order chi connectivity index (χ0) is 12.0. The monoisotopic (exact) mass is 236 g/mol. The van der Waals surface area contributed by atoms with E-state index in [1.54, 1.807) is 5.32 Å². The maximum atomic E-state index is 11.3. The van der Waals surface area contributed by atoms with Gasteiger partial charge in [-0.05, 0) is 0 Å². The summed E-state index contributed by atoms with van der Waals surface area (Å²) in [5, 5.41) is 9.49. The number of nitrogens with one attached hydrogen (secondary N) is 1. The third-order valence-corrected chi connectivity index (χ3v) is 3.06. The van der Waals surface area contributed by atoms with E-state index in [2.05, 4.69) is 5.73 Å². The zero-order valence-electron chi connectivity index (χ0n) is 8.06. The van der Waals surface area contributed by atoms with Crippen LogP contribution in [0.4, 0.5) is 4.79 Å². The molecule has 0 radical (unpaired) electrons. The molecule has 15 heavy (non-hydrogen) atoms. The van der Waals surface area contributed by atoms with Gasteiger partial charge in [0.1, 0.15) is 5.75 Å². The summed E-state index contributed by atoms with van der Waals surface area (Å²) in [5.74, 6) is -2.30. The number of urea groups is 1. The number of imide groups is 1. The quantitative estimate of drug-likeness (QED) is 0.552. The molecule has 3 amide bonds.